The number of benzene rings is 3. The number of aromatic nitrogens is 1. The van der Waals surface area contributed by atoms with E-state index in [0.717, 1.165) is 32.8 Å². The van der Waals surface area contributed by atoms with Crippen molar-refractivity contribution >= 4 is 27.4 Å². The number of H-pyrrole nitrogens is 1. The molecule has 5 nitrogen and oxygen atoms in total. The van der Waals surface area contributed by atoms with E-state index in [2.05, 4.69) is 17.1 Å². The molecular formula is C25H16N4O. The number of hydrogen-bond donors (Lipinski definition) is 2. The van der Waals surface area contributed by atoms with E-state index in [1.165, 1.54) is 0 Å². The summed E-state index contributed by atoms with van der Waals surface area (Å²) in [7, 11) is 0. The zero-order valence-corrected chi connectivity index (χ0v) is 15.9. The van der Waals surface area contributed by atoms with E-state index in [4.69, 9.17) is 10.5 Å². The Morgan fingerprint density at radius 3 is 2.40 bits per heavy atom. The quantitative estimate of drug-likeness (QED) is 0.501. The van der Waals surface area contributed by atoms with Crippen LogP contribution in [-0.4, -0.2) is 4.98 Å². The van der Waals surface area contributed by atoms with E-state index in [0.29, 0.717) is 11.3 Å². The topological polar surface area (TPSA) is 98.6 Å². The first-order valence-electron chi connectivity index (χ1n) is 9.48. The summed E-state index contributed by atoms with van der Waals surface area (Å²) in [6, 6.07) is 26.1. The largest absolute Gasteiger partial charge is 0.439 e. The molecule has 0 bridgehead atoms. The van der Waals surface area contributed by atoms with Crippen molar-refractivity contribution in [3.8, 4) is 12.1 Å². The molecule has 5 rings (SSSR count). The molecule has 0 amide bonds. The van der Waals surface area contributed by atoms with Gasteiger partial charge in [-0.2, -0.15) is 10.5 Å². The SMILES string of the molecule is N#CC1=C(N)OC(c2c[nH]c3ccccc23)=C(C#N)C1c1ccc2ccccc2c1. The summed E-state index contributed by atoms with van der Waals surface area (Å²) >= 11 is 0. The summed E-state index contributed by atoms with van der Waals surface area (Å²) in [4.78, 5) is 3.20. The van der Waals surface area contributed by atoms with Gasteiger partial charge in [0.15, 0.2) is 5.76 Å². The van der Waals surface area contributed by atoms with Crippen LogP contribution in [0.15, 0.2) is 90.0 Å². The zero-order chi connectivity index (χ0) is 20.7. The number of para-hydroxylation sites is 1. The lowest BCUT2D eigenvalue weighted by molar-refractivity contribution is 0.358. The van der Waals surface area contributed by atoms with Gasteiger partial charge < -0.3 is 15.5 Å². The summed E-state index contributed by atoms with van der Waals surface area (Å²) in [6.45, 7) is 0. The number of allylic oxidation sites excluding steroid dienone is 2. The van der Waals surface area contributed by atoms with Crippen molar-refractivity contribution in [3.05, 3.63) is 101 Å². The van der Waals surface area contributed by atoms with Gasteiger partial charge in [-0.3, -0.25) is 0 Å². The lowest BCUT2D eigenvalue weighted by Gasteiger charge is -2.26. The highest BCUT2D eigenvalue weighted by Gasteiger charge is 2.34. The Kier molecular flexibility index (Phi) is 4.02. The van der Waals surface area contributed by atoms with E-state index in [-0.39, 0.29) is 11.5 Å². The summed E-state index contributed by atoms with van der Waals surface area (Å²) < 4.78 is 5.86. The molecule has 1 aliphatic rings. The van der Waals surface area contributed by atoms with Crippen molar-refractivity contribution in [1.82, 2.24) is 4.98 Å². The maximum Gasteiger partial charge on any atom is 0.205 e. The van der Waals surface area contributed by atoms with Crippen molar-refractivity contribution in [1.29, 1.82) is 10.5 Å². The van der Waals surface area contributed by atoms with Gasteiger partial charge in [0.2, 0.25) is 5.88 Å². The molecule has 1 aliphatic heterocycles. The summed E-state index contributed by atoms with van der Waals surface area (Å²) in [6.07, 6.45) is 1.80. The summed E-state index contributed by atoms with van der Waals surface area (Å²) in [5.74, 6) is -0.193. The van der Waals surface area contributed by atoms with Gasteiger partial charge in [0, 0.05) is 22.7 Å². The van der Waals surface area contributed by atoms with Gasteiger partial charge in [0.05, 0.1) is 17.6 Å². The third-order valence-corrected chi connectivity index (χ3v) is 5.48. The predicted molar refractivity (Wildman–Crippen MR) is 115 cm³/mol. The van der Waals surface area contributed by atoms with Crippen LogP contribution in [0.5, 0.6) is 0 Å². The van der Waals surface area contributed by atoms with Crippen LogP contribution in [0.3, 0.4) is 0 Å². The highest BCUT2D eigenvalue weighted by atomic mass is 16.5. The van der Waals surface area contributed by atoms with Crippen LogP contribution in [0, 0.1) is 22.7 Å². The number of nitrogens with two attached hydrogens (primary N) is 1. The highest BCUT2D eigenvalue weighted by Crippen LogP contribution is 2.43. The number of nitrogens with zero attached hydrogens (tertiary/aromatic N) is 2. The monoisotopic (exact) mass is 388 g/mol. The van der Waals surface area contributed by atoms with Crippen LogP contribution in [0.4, 0.5) is 0 Å². The van der Waals surface area contributed by atoms with E-state index < -0.39 is 5.92 Å². The molecule has 1 atom stereocenters. The van der Waals surface area contributed by atoms with E-state index >= 15 is 0 Å². The Balaban J connectivity index is 1.76. The van der Waals surface area contributed by atoms with Crippen LogP contribution in [0.2, 0.25) is 0 Å². The average molecular weight is 388 g/mol. The minimum absolute atomic E-state index is 0.0231. The molecule has 0 radical (unpaired) electrons. The number of nitrogens with one attached hydrogen (secondary N) is 1. The lowest BCUT2D eigenvalue weighted by Crippen LogP contribution is -2.20. The maximum absolute atomic E-state index is 10.1. The molecule has 3 N–H and O–H groups in total. The molecule has 142 valence electrons. The molecule has 1 unspecified atom stereocenters. The average Bonchev–Trinajstić information content (AvgIpc) is 3.22. The Morgan fingerprint density at radius 2 is 1.60 bits per heavy atom. The number of aromatic amines is 1. The number of hydrogen-bond acceptors (Lipinski definition) is 4. The fraction of sp³-hybridized carbons (Fsp3) is 0.0400. The Hall–Kier alpha value is -4.48. The standard InChI is InChI=1S/C25H16N4O/c26-12-19-23(17-10-9-15-5-1-2-6-16(15)11-17)20(13-27)25(28)30-24(19)21-14-29-22-8-4-3-7-18(21)22/h1-11,14,23,29H,28H2. The molecule has 4 aromatic rings. The summed E-state index contributed by atoms with van der Waals surface area (Å²) in [5, 5.41) is 22.9. The number of nitriles is 2. The van der Waals surface area contributed by atoms with Crippen molar-refractivity contribution in [2.24, 2.45) is 5.73 Å². The lowest BCUT2D eigenvalue weighted by atomic mass is 9.82. The van der Waals surface area contributed by atoms with Crippen molar-refractivity contribution < 1.29 is 4.74 Å². The van der Waals surface area contributed by atoms with Crippen LogP contribution in [0.1, 0.15) is 17.0 Å². The van der Waals surface area contributed by atoms with Gasteiger partial charge in [0.25, 0.3) is 0 Å². The number of rotatable bonds is 2. The van der Waals surface area contributed by atoms with E-state index in [9.17, 15) is 10.5 Å². The number of ether oxygens (including phenoxy) is 1. The molecule has 0 saturated carbocycles. The van der Waals surface area contributed by atoms with E-state index in [1.807, 2.05) is 66.7 Å². The predicted octanol–water partition coefficient (Wildman–Crippen LogP) is 5.06. The minimum atomic E-state index is -0.595. The normalized spacial score (nSPS) is 16.4. The second-order valence-electron chi connectivity index (χ2n) is 7.13. The number of fused-ring (bicyclic) bond motifs is 2. The molecule has 1 aromatic heterocycles. The Labute approximate surface area is 172 Å². The highest BCUT2D eigenvalue weighted by molar-refractivity contribution is 5.93. The summed E-state index contributed by atoms with van der Waals surface area (Å²) in [5.41, 5.74) is 9.27. The fourth-order valence-corrected chi connectivity index (χ4v) is 4.05. The Morgan fingerprint density at radius 1 is 0.867 bits per heavy atom. The first-order chi connectivity index (χ1) is 14.7. The van der Waals surface area contributed by atoms with Crippen LogP contribution < -0.4 is 5.73 Å². The first kappa shape index (κ1) is 17.6. The van der Waals surface area contributed by atoms with Gasteiger partial charge in [-0.15, -0.1) is 0 Å². The van der Waals surface area contributed by atoms with Crippen molar-refractivity contribution in [2.75, 3.05) is 0 Å². The van der Waals surface area contributed by atoms with Crippen LogP contribution in [-0.2, 0) is 4.74 Å². The van der Waals surface area contributed by atoms with E-state index in [1.54, 1.807) is 6.20 Å². The molecule has 30 heavy (non-hydrogen) atoms. The maximum atomic E-state index is 10.1. The molecule has 0 fully saturated rings. The van der Waals surface area contributed by atoms with Gasteiger partial charge in [0.1, 0.15) is 11.6 Å². The van der Waals surface area contributed by atoms with Crippen molar-refractivity contribution in [2.45, 2.75) is 5.92 Å². The Bertz CT molecular complexity index is 1460. The molecule has 3 aromatic carbocycles. The fourth-order valence-electron chi connectivity index (χ4n) is 4.05. The molecule has 5 heteroatoms. The zero-order valence-electron chi connectivity index (χ0n) is 15.9. The second kappa shape index (κ2) is 6.84. The smallest absolute Gasteiger partial charge is 0.205 e. The third kappa shape index (κ3) is 2.62. The minimum Gasteiger partial charge on any atom is -0.439 e. The molecule has 0 spiro atoms. The molecule has 0 aliphatic carbocycles. The third-order valence-electron chi connectivity index (χ3n) is 5.48. The van der Waals surface area contributed by atoms with Gasteiger partial charge in [-0.05, 0) is 22.4 Å². The molecule has 0 saturated heterocycles. The van der Waals surface area contributed by atoms with Crippen molar-refractivity contribution in [3.63, 3.8) is 0 Å². The first-order valence-corrected chi connectivity index (χ1v) is 9.48. The molecule has 2 heterocycles. The van der Waals surface area contributed by atoms with Crippen LogP contribution >= 0.6 is 0 Å². The van der Waals surface area contributed by atoms with Gasteiger partial charge in [-0.25, -0.2) is 0 Å². The van der Waals surface area contributed by atoms with Crippen LogP contribution in [0.25, 0.3) is 27.4 Å². The van der Waals surface area contributed by atoms with Gasteiger partial charge >= 0.3 is 0 Å². The van der Waals surface area contributed by atoms with Gasteiger partial charge in [-0.1, -0.05) is 60.7 Å². The molecular weight excluding hydrogens is 372 g/mol. The second-order valence-corrected chi connectivity index (χ2v) is 7.13.